The Balaban J connectivity index is 2.12. The Bertz CT molecular complexity index is 1270. The van der Waals surface area contributed by atoms with Crippen molar-refractivity contribution in [1.82, 2.24) is 19.9 Å². The number of hydrogen-bond donors (Lipinski definition) is 3. The molecular weight excluding hydrogens is 362 g/mol. The van der Waals surface area contributed by atoms with E-state index in [1.54, 1.807) is 6.07 Å². The van der Waals surface area contributed by atoms with Gasteiger partial charge in [0.15, 0.2) is 0 Å². The molecule has 3 rings (SSSR count). The number of hydrogen-bond acceptors (Lipinski definition) is 5. The van der Waals surface area contributed by atoms with E-state index in [1.165, 1.54) is 36.7 Å². The van der Waals surface area contributed by atoms with Crippen LogP contribution >= 0.6 is 0 Å². The van der Waals surface area contributed by atoms with Crippen molar-refractivity contribution in [3.05, 3.63) is 89.1 Å². The van der Waals surface area contributed by atoms with Crippen molar-refractivity contribution in [3.8, 4) is 0 Å². The zero-order valence-electron chi connectivity index (χ0n) is 15.6. The maximum atomic E-state index is 12.4. The van der Waals surface area contributed by atoms with Gasteiger partial charge in [0.2, 0.25) is 0 Å². The van der Waals surface area contributed by atoms with Crippen molar-refractivity contribution in [2.45, 2.75) is 26.2 Å². The van der Waals surface area contributed by atoms with Gasteiger partial charge in [0.25, 0.3) is 16.8 Å². The molecule has 0 aliphatic heterocycles. The van der Waals surface area contributed by atoms with Gasteiger partial charge >= 0.3 is 0 Å². The second kappa shape index (κ2) is 7.10. The number of H-pyrrole nitrogens is 3. The third-order valence-electron chi connectivity index (χ3n) is 4.08. The van der Waals surface area contributed by atoms with Crippen molar-refractivity contribution in [2.24, 2.45) is 0 Å². The van der Waals surface area contributed by atoms with E-state index in [4.69, 9.17) is 0 Å². The molecular formula is C19H19N5O4. The van der Waals surface area contributed by atoms with Gasteiger partial charge in [-0.25, -0.2) is 4.98 Å². The molecule has 28 heavy (non-hydrogen) atoms. The first-order chi connectivity index (χ1) is 13.1. The molecule has 0 atom stereocenters. The van der Waals surface area contributed by atoms with E-state index in [0.29, 0.717) is 11.3 Å². The average molecular weight is 381 g/mol. The van der Waals surface area contributed by atoms with Crippen molar-refractivity contribution in [3.63, 3.8) is 0 Å². The summed E-state index contributed by atoms with van der Waals surface area (Å²) < 4.78 is 0. The van der Waals surface area contributed by atoms with Gasteiger partial charge in [-0.05, 0) is 17.7 Å². The molecule has 0 aliphatic rings. The molecule has 144 valence electrons. The van der Waals surface area contributed by atoms with E-state index in [2.05, 4.69) is 19.9 Å². The van der Waals surface area contributed by atoms with Crippen molar-refractivity contribution in [1.29, 1.82) is 0 Å². The SMILES string of the molecule is CC(C)(C)c1[nH]cnc1/C=c1/[nH]c(=O)/c(=C\c2cccc([N+](=O)[O-])c2)[nH]c1=O. The lowest BCUT2D eigenvalue weighted by atomic mass is 9.90. The highest BCUT2D eigenvalue weighted by Gasteiger charge is 2.19. The number of imidazole rings is 1. The first kappa shape index (κ1) is 19.0. The highest BCUT2D eigenvalue weighted by Crippen LogP contribution is 2.22. The number of nitro benzene ring substituents is 1. The molecule has 0 spiro atoms. The molecule has 0 saturated carbocycles. The van der Waals surface area contributed by atoms with Crippen LogP contribution in [0.25, 0.3) is 12.2 Å². The summed E-state index contributed by atoms with van der Waals surface area (Å²) in [4.78, 5) is 47.5. The molecule has 2 aromatic heterocycles. The van der Waals surface area contributed by atoms with Gasteiger partial charge < -0.3 is 15.0 Å². The number of rotatable bonds is 3. The molecule has 0 unspecified atom stereocenters. The minimum atomic E-state index is -0.529. The molecule has 3 aromatic rings. The molecule has 3 N–H and O–H groups in total. The second-order valence-corrected chi connectivity index (χ2v) is 7.29. The summed E-state index contributed by atoms with van der Waals surface area (Å²) in [6.45, 7) is 6.01. The van der Waals surface area contributed by atoms with Crippen LogP contribution in [-0.4, -0.2) is 24.9 Å². The monoisotopic (exact) mass is 381 g/mol. The molecule has 9 heteroatoms. The maximum absolute atomic E-state index is 12.4. The summed E-state index contributed by atoms with van der Waals surface area (Å²) in [5, 5.41) is 10.9. The Morgan fingerprint density at radius 2 is 1.71 bits per heavy atom. The lowest BCUT2D eigenvalue weighted by Gasteiger charge is -2.16. The van der Waals surface area contributed by atoms with E-state index >= 15 is 0 Å². The minimum absolute atomic E-state index is 0.000667. The highest BCUT2D eigenvalue weighted by atomic mass is 16.6. The maximum Gasteiger partial charge on any atom is 0.272 e. The van der Waals surface area contributed by atoms with Crippen molar-refractivity contribution in [2.75, 3.05) is 0 Å². The third kappa shape index (κ3) is 3.98. The molecule has 0 radical (unpaired) electrons. The largest absolute Gasteiger partial charge is 0.348 e. The minimum Gasteiger partial charge on any atom is -0.348 e. The highest BCUT2D eigenvalue weighted by molar-refractivity contribution is 5.52. The summed E-state index contributed by atoms with van der Waals surface area (Å²) in [5.41, 5.74) is 0.471. The first-order valence-electron chi connectivity index (χ1n) is 8.49. The van der Waals surface area contributed by atoms with E-state index in [-0.39, 0.29) is 21.8 Å². The average Bonchev–Trinajstić information content (AvgIpc) is 3.08. The Kier molecular flexibility index (Phi) is 4.83. The van der Waals surface area contributed by atoms with Gasteiger partial charge in [-0.15, -0.1) is 0 Å². The van der Waals surface area contributed by atoms with Crippen LogP contribution < -0.4 is 21.8 Å². The van der Waals surface area contributed by atoms with Crippen LogP contribution in [-0.2, 0) is 5.41 Å². The fourth-order valence-electron chi connectivity index (χ4n) is 2.74. The van der Waals surface area contributed by atoms with Gasteiger partial charge in [-0.2, -0.15) is 0 Å². The normalized spacial score (nSPS) is 13.1. The molecule has 1 aromatic carbocycles. The number of aromatic nitrogens is 4. The summed E-state index contributed by atoms with van der Waals surface area (Å²) in [6.07, 6.45) is 4.42. The van der Waals surface area contributed by atoms with Crippen molar-refractivity contribution >= 4 is 17.8 Å². The van der Waals surface area contributed by atoms with Crippen LogP contribution in [0.3, 0.4) is 0 Å². The van der Waals surface area contributed by atoms with E-state index in [9.17, 15) is 19.7 Å². The van der Waals surface area contributed by atoms with E-state index in [0.717, 1.165) is 5.69 Å². The fraction of sp³-hybridized carbons (Fsp3) is 0.211. The van der Waals surface area contributed by atoms with Gasteiger partial charge in [0.05, 0.1) is 16.9 Å². The Hall–Kier alpha value is -3.75. The lowest BCUT2D eigenvalue weighted by molar-refractivity contribution is -0.384. The summed E-state index contributed by atoms with van der Waals surface area (Å²) in [7, 11) is 0. The third-order valence-corrected chi connectivity index (χ3v) is 4.08. The second-order valence-electron chi connectivity index (χ2n) is 7.29. The molecule has 0 fully saturated rings. The van der Waals surface area contributed by atoms with Crippen LogP contribution in [0.5, 0.6) is 0 Å². The zero-order chi connectivity index (χ0) is 20.5. The van der Waals surface area contributed by atoms with Gasteiger partial charge in [-0.3, -0.25) is 19.7 Å². The summed E-state index contributed by atoms with van der Waals surface area (Å²) in [6, 6.07) is 5.77. The van der Waals surface area contributed by atoms with Crippen LogP contribution in [0.2, 0.25) is 0 Å². The van der Waals surface area contributed by atoms with Crippen LogP contribution in [0.15, 0.2) is 40.2 Å². The quantitative estimate of drug-likeness (QED) is 0.452. The van der Waals surface area contributed by atoms with Crippen LogP contribution in [0, 0.1) is 10.1 Å². The Labute approximate surface area is 158 Å². The summed E-state index contributed by atoms with van der Waals surface area (Å²) in [5.74, 6) is 0. The zero-order valence-corrected chi connectivity index (χ0v) is 15.6. The number of aromatic amines is 3. The van der Waals surface area contributed by atoms with Gasteiger partial charge in [0, 0.05) is 23.2 Å². The van der Waals surface area contributed by atoms with Gasteiger partial charge in [0.1, 0.15) is 10.7 Å². The summed E-state index contributed by atoms with van der Waals surface area (Å²) >= 11 is 0. The molecule has 0 aliphatic carbocycles. The molecule has 2 heterocycles. The fourth-order valence-corrected chi connectivity index (χ4v) is 2.74. The number of nitro groups is 1. The Morgan fingerprint density at radius 3 is 2.32 bits per heavy atom. The predicted octanol–water partition coefficient (Wildman–Crippen LogP) is 0.650. The smallest absolute Gasteiger partial charge is 0.272 e. The molecule has 0 saturated heterocycles. The van der Waals surface area contributed by atoms with Crippen LogP contribution in [0.1, 0.15) is 37.7 Å². The first-order valence-corrected chi connectivity index (χ1v) is 8.49. The Morgan fingerprint density at radius 1 is 1.07 bits per heavy atom. The van der Waals surface area contributed by atoms with Gasteiger partial charge in [-0.1, -0.05) is 32.9 Å². The topological polar surface area (TPSA) is 138 Å². The number of benzene rings is 1. The molecule has 9 nitrogen and oxygen atoms in total. The van der Waals surface area contributed by atoms with Crippen LogP contribution in [0.4, 0.5) is 5.69 Å². The number of nitrogens with one attached hydrogen (secondary N) is 3. The van der Waals surface area contributed by atoms with E-state index < -0.39 is 16.0 Å². The van der Waals surface area contributed by atoms with Crippen molar-refractivity contribution < 1.29 is 4.92 Å². The predicted molar refractivity (Wildman–Crippen MR) is 104 cm³/mol. The van der Waals surface area contributed by atoms with E-state index in [1.807, 2.05) is 20.8 Å². The molecule has 0 amide bonds. The lowest BCUT2D eigenvalue weighted by Crippen LogP contribution is -2.46. The number of nitrogens with zero attached hydrogens (tertiary/aromatic N) is 2. The number of non-ortho nitro benzene ring substituents is 1. The molecule has 0 bridgehead atoms. The standard InChI is InChI=1S/C19H19N5O4/c1-19(2,3)16-13(20-10-21-16)9-15-18(26)22-14(17(25)23-15)8-11-5-4-6-12(7-11)24(27)28/h4-10H,1-3H3,(H,20,21)(H,22,26)(H,23,25)/b14-8+,15-9+.